The molecule has 1 aromatic carbocycles. The van der Waals surface area contributed by atoms with Gasteiger partial charge in [0.15, 0.2) is 5.78 Å². The molecule has 0 aliphatic carbocycles. The molecule has 1 nitrogen and oxygen atoms in total. The van der Waals surface area contributed by atoms with Crippen molar-refractivity contribution in [3.63, 3.8) is 0 Å². The van der Waals surface area contributed by atoms with Crippen LogP contribution in [0.15, 0.2) is 23.1 Å². The van der Waals surface area contributed by atoms with Crippen LogP contribution in [0.2, 0.25) is 0 Å². The highest BCUT2D eigenvalue weighted by Gasteiger charge is 2.08. The second kappa shape index (κ2) is 5.79. The minimum absolute atomic E-state index is 0.0350. The van der Waals surface area contributed by atoms with Gasteiger partial charge in [0.25, 0.3) is 0 Å². The molecule has 0 unspecified atom stereocenters. The lowest BCUT2D eigenvalue weighted by atomic mass is 10.0. The molecule has 0 atom stereocenters. The average molecular weight is 294 g/mol. The summed E-state index contributed by atoms with van der Waals surface area (Å²) in [6, 6.07) is 5.74. The van der Waals surface area contributed by atoms with Crippen LogP contribution in [0.1, 0.15) is 11.1 Å². The van der Waals surface area contributed by atoms with E-state index in [4.69, 9.17) is 11.6 Å². The molecule has 0 bridgehead atoms. The van der Waals surface area contributed by atoms with Crippen molar-refractivity contribution in [3.8, 4) is 0 Å². The van der Waals surface area contributed by atoms with Crippen LogP contribution < -0.4 is 0 Å². The summed E-state index contributed by atoms with van der Waals surface area (Å²) >= 11 is 13.2. The first-order chi connectivity index (χ1) is 6.69. The Labute approximate surface area is 102 Å². The standard InChI is InChI=1S/C10H10BrClOS/c11-5-9-7(4-8(13)6-12)2-1-3-10(9)14/h1-3,14H,4-6H2. The summed E-state index contributed by atoms with van der Waals surface area (Å²) in [7, 11) is 0. The van der Waals surface area contributed by atoms with Crippen molar-refractivity contribution in [1.82, 2.24) is 0 Å². The van der Waals surface area contributed by atoms with E-state index in [2.05, 4.69) is 28.6 Å². The molecule has 1 rings (SSSR count). The first kappa shape index (κ1) is 12.1. The molecule has 0 amide bonds. The number of Topliss-reactive ketones (excluding diaryl/α,β-unsaturated/α-hetero) is 1. The summed E-state index contributed by atoms with van der Waals surface area (Å²) in [4.78, 5) is 12.1. The number of rotatable bonds is 4. The molecule has 0 fully saturated rings. The lowest BCUT2D eigenvalue weighted by Gasteiger charge is -2.07. The molecule has 0 aromatic heterocycles. The van der Waals surface area contributed by atoms with Crippen molar-refractivity contribution in [2.24, 2.45) is 0 Å². The van der Waals surface area contributed by atoms with Crippen molar-refractivity contribution in [2.75, 3.05) is 5.88 Å². The van der Waals surface area contributed by atoms with Gasteiger partial charge in [0, 0.05) is 16.6 Å². The van der Waals surface area contributed by atoms with Crippen molar-refractivity contribution < 1.29 is 4.79 Å². The Kier molecular flexibility index (Phi) is 4.99. The van der Waals surface area contributed by atoms with E-state index in [0.29, 0.717) is 11.8 Å². The molecular weight excluding hydrogens is 284 g/mol. The van der Waals surface area contributed by atoms with Crippen molar-refractivity contribution >= 4 is 45.9 Å². The van der Waals surface area contributed by atoms with Crippen LogP contribution in [0.5, 0.6) is 0 Å². The number of hydrogen-bond donors (Lipinski definition) is 1. The van der Waals surface area contributed by atoms with Gasteiger partial charge >= 0.3 is 0 Å². The number of carbonyl (C=O) groups is 1. The minimum Gasteiger partial charge on any atom is -0.298 e. The third-order valence-corrected chi connectivity index (χ3v) is 3.20. The second-order valence-electron chi connectivity index (χ2n) is 2.90. The number of thiol groups is 1. The maximum absolute atomic E-state index is 11.2. The van der Waals surface area contributed by atoms with E-state index in [1.165, 1.54) is 0 Å². The number of halogens is 2. The maximum Gasteiger partial charge on any atom is 0.151 e. The van der Waals surface area contributed by atoms with Crippen molar-refractivity contribution in [1.29, 1.82) is 0 Å². The van der Waals surface area contributed by atoms with Gasteiger partial charge in [-0.1, -0.05) is 28.1 Å². The third kappa shape index (κ3) is 3.01. The van der Waals surface area contributed by atoms with Gasteiger partial charge in [-0.2, -0.15) is 0 Å². The van der Waals surface area contributed by atoms with E-state index in [0.717, 1.165) is 16.0 Å². The first-order valence-corrected chi connectivity index (χ1v) is 6.22. The van der Waals surface area contributed by atoms with E-state index in [1.807, 2.05) is 18.2 Å². The zero-order valence-electron chi connectivity index (χ0n) is 7.46. The number of carbonyl (C=O) groups excluding carboxylic acids is 1. The fourth-order valence-corrected chi connectivity index (χ4v) is 2.48. The molecule has 4 heteroatoms. The average Bonchev–Trinajstić information content (AvgIpc) is 2.18. The SMILES string of the molecule is O=C(CCl)Cc1cccc(S)c1CBr. The first-order valence-electron chi connectivity index (χ1n) is 4.12. The van der Waals surface area contributed by atoms with Gasteiger partial charge in [0.2, 0.25) is 0 Å². The Balaban J connectivity index is 2.96. The van der Waals surface area contributed by atoms with Crippen LogP contribution in [-0.4, -0.2) is 11.7 Å². The molecule has 0 spiro atoms. The van der Waals surface area contributed by atoms with Gasteiger partial charge < -0.3 is 0 Å². The lowest BCUT2D eigenvalue weighted by molar-refractivity contribution is -0.116. The highest BCUT2D eigenvalue weighted by atomic mass is 79.9. The van der Waals surface area contributed by atoms with E-state index >= 15 is 0 Å². The molecule has 0 aliphatic heterocycles. The van der Waals surface area contributed by atoms with Crippen LogP contribution >= 0.6 is 40.2 Å². The van der Waals surface area contributed by atoms with Gasteiger partial charge in [-0.3, -0.25) is 4.79 Å². The van der Waals surface area contributed by atoms with Gasteiger partial charge in [0.1, 0.15) is 0 Å². The summed E-state index contributed by atoms with van der Waals surface area (Å²) in [5.74, 6) is 0.103. The third-order valence-electron chi connectivity index (χ3n) is 1.92. The zero-order valence-corrected chi connectivity index (χ0v) is 10.7. The molecule has 0 heterocycles. The normalized spacial score (nSPS) is 10.2. The van der Waals surface area contributed by atoms with Crippen LogP contribution in [0, 0.1) is 0 Å². The molecule has 0 N–H and O–H groups in total. The van der Waals surface area contributed by atoms with Gasteiger partial charge in [-0.05, 0) is 17.2 Å². The largest absolute Gasteiger partial charge is 0.298 e. The highest BCUT2D eigenvalue weighted by molar-refractivity contribution is 9.08. The molecular formula is C10H10BrClOS. The Morgan fingerprint density at radius 3 is 2.79 bits per heavy atom. The highest BCUT2D eigenvalue weighted by Crippen LogP contribution is 2.21. The van der Waals surface area contributed by atoms with E-state index in [-0.39, 0.29) is 11.7 Å². The summed E-state index contributed by atoms with van der Waals surface area (Å²) in [6.07, 6.45) is 0.388. The molecule has 0 saturated heterocycles. The summed E-state index contributed by atoms with van der Waals surface area (Å²) in [6.45, 7) is 0. The molecule has 1 aromatic rings. The predicted octanol–water partition coefficient (Wildman–Crippen LogP) is 3.22. The predicted molar refractivity (Wildman–Crippen MR) is 65.8 cm³/mol. The molecule has 0 radical (unpaired) electrons. The van der Waals surface area contributed by atoms with Crippen LogP contribution in [0.3, 0.4) is 0 Å². The van der Waals surface area contributed by atoms with E-state index in [1.54, 1.807) is 0 Å². The Hall–Kier alpha value is 0.01000. The summed E-state index contributed by atoms with van der Waals surface area (Å²) < 4.78 is 0. The molecule has 76 valence electrons. The van der Waals surface area contributed by atoms with Crippen molar-refractivity contribution in [3.05, 3.63) is 29.3 Å². The maximum atomic E-state index is 11.2. The number of hydrogen-bond acceptors (Lipinski definition) is 2. The second-order valence-corrected chi connectivity index (χ2v) is 4.21. The molecule has 0 aliphatic rings. The molecule has 0 saturated carbocycles. The lowest BCUT2D eigenvalue weighted by Crippen LogP contribution is -2.06. The number of benzene rings is 1. The Morgan fingerprint density at radius 1 is 1.50 bits per heavy atom. The fraction of sp³-hybridized carbons (Fsp3) is 0.300. The van der Waals surface area contributed by atoms with Gasteiger partial charge in [0.05, 0.1) is 5.88 Å². The smallest absolute Gasteiger partial charge is 0.151 e. The Bertz CT molecular complexity index is 341. The fourth-order valence-electron chi connectivity index (χ4n) is 1.20. The topological polar surface area (TPSA) is 17.1 Å². The molecule has 14 heavy (non-hydrogen) atoms. The van der Waals surface area contributed by atoms with Gasteiger partial charge in [-0.15, -0.1) is 24.2 Å². The summed E-state index contributed by atoms with van der Waals surface area (Å²) in [5.41, 5.74) is 2.06. The minimum atomic E-state index is 0.0350. The monoisotopic (exact) mass is 292 g/mol. The van der Waals surface area contributed by atoms with Crippen LogP contribution in [0.4, 0.5) is 0 Å². The van der Waals surface area contributed by atoms with E-state index < -0.39 is 0 Å². The zero-order chi connectivity index (χ0) is 10.6. The number of alkyl halides is 2. The van der Waals surface area contributed by atoms with Crippen molar-refractivity contribution in [2.45, 2.75) is 16.6 Å². The summed E-state index contributed by atoms with van der Waals surface area (Å²) in [5, 5.41) is 0.706. The van der Waals surface area contributed by atoms with Crippen LogP contribution in [0.25, 0.3) is 0 Å². The van der Waals surface area contributed by atoms with E-state index in [9.17, 15) is 4.79 Å². The Morgan fingerprint density at radius 2 is 2.21 bits per heavy atom. The number of ketones is 1. The van der Waals surface area contributed by atoms with Crippen LogP contribution in [-0.2, 0) is 16.5 Å². The quantitative estimate of drug-likeness (QED) is 0.666. The van der Waals surface area contributed by atoms with Gasteiger partial charge in [-0.25, -0.2) is 0 Å².